The van der Waals surface area contributed by atoms with E-state index in [0.29, 0.717) is 28.6 Å². The van der Waals surface area contributed by atoms with Crippen molar-refractivity contribution in [1.29, 1.82) is 0 Å². The molecule has 2 amide bonds. The number of amides is 2. The highest BCUT2D eigenvalue weighted by atomic mass is 16.2. The smallest absolute Gasteiger partial charge is 0.254 e. The van der Waals surface area contributed by atoms with Crippen LogP contribution in [0, 0.1) is 0 Å². The maximum atomic E-state index is 11.7. The van der Waals surface area contributed by atoms with Gasteiger partial charge in [-0.3, -0.25) is 14.9 Å². The van der Waals surface area contributed by atoms with Gasteiger partial charge < -0.3 is 10.6 Å². The van der Waals surface area contributed by atoms with Crippen molar-refractivity contribution in [1.82, 2.24) is 19.9 Å². The van der Waals surface area contributed by atoms with E-state index in [1.165, 1.54) is 0 Å². The lowest BCUT2D eigenvalue weighted by molar-refractivity contribution is -0.124. The zero-order valence-electron chi connectivity index (χ0n) is 12.6. The number of hydrogen-bond donors (Lipinski definition) is 3. The van der Waals surface area contributed by atoms with Crippen molar-refractivity contribution in [2.45, 2.75) is 25.3 Å². The fourth-order valence-electron chi connectivity index (χ4n) is 2.56. The number of imide groups is 1. The molecule has 3 N–H and O–H groups in total. The molecule has 8 nitrogen and oxygen atoms in total. The normalized spacial score (nSPS) is 19.4. The summed E-state index contributed by atoms with van der Waals surface area (Å²) in [5.74, 6) is 0.944. The Balaban J connectivity index is 1.80. The Labute approximate surface area is 132 Å². The van der Waals surface area contributed by atoms with Crippen molar-refractivity contribution in [3.63, 3.8) is 0 Å². The Hall–Kier alpha value is -2.90. The second-order valence-corrected chi connectivity index (χ2v) is 5.75. The Kier molecular flexibility index (Phi) is 3.03. The molecule has 23 heavy (non-hydrogen) atoms. The van der Waals surface area contributed by atoms with Crippen molar-refractivity contribution >= 4 is 35.2 Å². The first-order chi connectivity index (χ1) is 11.1. The molecule has 0 unspecified atom stereocenters. The molecule has 1 aliphatic carbocycles. The van der Waals surface area contributed by atoms with E-state index in [0.717, 1.165) is 18.7 Å². The molecule has 1 aliphatic heterocycles. The predicted molar refractivity (Wildman–Crippen MR) is 84.9 cm³/mol. The molecule has 2 fully saturated rings. The van der Waals surface area contributed by atoms with Crippen LogP contribution in [-0.2, 0) is 9.59 Å². The lowest BCUT2D eigenvalue weighted by Gasteiger charge is -2.09. The number of carbonyl (C=O) groups is 2. The lowest BCUT2D eigenvalue weighted by atomic mass is 10.1. The average Bonchev–Trinajstić information content (AvgIpc) is 3.16. The van der Waals surface area contributed by atoms with E-state index < -0.39 is 0 Å². The van der Waals surface area contributed by atoms with Gasteiger partial charge in [0.1, 0.15) is 11.6 Å². The highest BCUT2D eigenvalue weighted by molar-refractivity contribution is 6.15. The highest BCUT2D eigenvalue weighted by Gasteiger charge is 2.25. The fourth-order valence-corrected chi connectivity index (χ4v) is 2.56. The number of nitrogens with one attached hydrogen (secondary N) is 3. The molecule has 2 aromatic heterocycles. The third kappa shape index (κ3) is 2.52. The molecule has 2 aliphatic rings. The van der Waals surface area contributed by atoms with E-state index >= 15 is 0 Å². The van der Waals surface area contributed by atoms with Crippen LogP contribution in [0.3, 0.4) is 0 Å². The molecule has 1 saturated heterocycles. The van der Waals surface area contributed by atoms with E-state index in [1.807, 2.05) is 6.07 Å². The molecule has 2 aromatic rings. The minimum absolute atomic E-state index is 0.0923. The van der Waals surface area contributed by atoms with E-state index in [1.54, 1.807) is 23.8 Å². The maximum Gasteiger partial charge on any atom is 0.254 e. The summed E-state index contributed by atoms with van der Waals surface area (Å²) in [6.07, 6.45) is 5.73. The van der Waals surface area contributed by atoms with Gasteiger partial charge in [-0.05, 0) is 18.9 Å². The standard InChI is InChI=1S/C15H16N6O2/c1-16-11-6-12(18-10-2-3-10)21-14(19-11)9(7-17-21)4-8-5-13(22)20-15(8)23/h4,6-7,10,18H,2-3,5H2,1H3,(H,16,19)(H,20,22,23). The molecule has 0 aromatic carbocycles. The zero-order valence-corrected chi connectivity index (χ0v) is 12.6. The molecule has 0 spiro atoms. The first kappa shape index (κ1) is 13.7. The Morgan fingerprint density at radius 2 is 2.22 bits per heavy atom. The second-order valence-electron chi connectivity index (χ2n) is 5.75. The van der Waals surface area contributed by atoms with Crippen LogP contribution in [0.5, 0.6) is 0 Å². The number of fused-ring (bicyclic) bond motifs is 1. The second kappa shape index (κ2) is 5.08. The van der Waals surface area contributed by atoms with Crippen LogP contribution in [0.2, 0.25) is 0 Å². The third-order valence-electron chi connectivity index (χ3n) is 3.91. The van der Waals surface area contributed by atoms with Gasteiger partial charge in [0, 0.05) is 30.3 Å². The highest BCUT2D eigenvalue weighted by Crippen LogP contribution is 2.27. The van der Waals surface area contributed by atoms with Crippen molar-refractivity contribution < 1.29 is 9.59 Å². The number of nitrogens with zero attached hydrogens (tertiary/aromatic N) is 3. The topological polar surface area (TPSA) is 100 Å². The molecular weight excluding hydrogens is 296 g/mol. The van der Waals surface area contributed by atoms with Crippen LogP contribution < -0.4 is 16.0 Å². The summed E-state index contributed by atoms with van der Waals surface area (Å²) in [6.45, 7) is 0. The van der Waals surface area contributed by atoms with Gasteiger partial charge in [-0.2, -0.15) is 9.61 Å². The first-order valence-electron chi connectivity index (χ1n) is 7.52. The van der Waals surface area contributed by atoms with E-state index in [9.17, 15) is 9.59 Å². The molecular formula is C15H16N6O2. The van der Waals surface area contributed by atoms with Gasteiger partial charge in [-0.15, -0.1) is 0 Å². The number of rotatable bonds is 4. The van der Waals surface area contributed by atoms with Crippen molar-refractivity contribution in [2.24, 2.45) is 0 Å². The van der Waals surface area contributed by atoms with Gasteiger partial charge in [0.2, 0.25) is 5.91 Å². The summed E-state index contributed by atoms with van der Waals surface area (Å²) in [7, 11) is 1.80. The number of hydrogen-bond acceptors (Lipinski definition) is 6. The van der Waals surface area contributed by atoms with Crippen LogP contribution in [0.15, 0.2) is 17.8 Å². The molecule has 1 saturated carbocycles. The molecule has 0 bridgehead atoms. The number of anilines is 2. The van der Waals surface area contributed by atoms with Crippen molar-refractivity contribution in [3.05, 3.63) is 23.4 Å². The minimum Gasteiger partial charge on any atom is -0.373 e. The maximum absolute atomic E-state index is 11.7. The van der Waals surface area contributed by atoms with Gasteiger partial charge in [0.05, 0.1) is 12.6 Å². The Bertz CT molecular complexity index is 849. The van der Waals surface area contributed by atoms with E-state index in [2.05, 4.69) is 26.0 Å². The van der Waals surface area contributed by atoms with Crippen LogP contribution in [-0.4, -0.2) is 39.5 Å². The van der Waals surface area contributed by atoms with Gasteiger partial charge in [-0.1, -0.05) is 0 Å². The summed E-state index contributed by atoms with van der Waals surface area (Å²) in [5, 5.41) is 13.1. The van der Waals surface area contributed by atoms with Gasteiger partial charge in [0.25, 0.3) is 5.91 Å². The Morgan fingerprint density at radius 3 is 2.87 bits per heavy atom. The average molecular weight is 312 g/mol. The molecule has 8 heteroatoms. The van der Waals surface area contributed by atoms with Crippen LogP contribution in [0.25, 0.3) is 11.7 Å². The van der Waals surface area contributed by atoms with Gasteiger partial charge >= 0.3 is 0 Å². The number of carbonyl (C=O) groups excluding carboxylic acids is 2. The van der Waals surface area contributed by atoms with Crippen molar-refractivity contribution in [3.8, 4) is 0 Å². The third-order valence-corrected chi connectivity index (χ3v) is 3.91. The summed E-state index contributed by atoms with van der Waals surface area (Å²) in [4.78, 5) is 27.5. The summed E-state index contributed by atoms with van der Waals surface area (Å²) >= 11 is 0. The monoisotopic (exact) mass is 312 g/mol. The molecule has 118 valence electrons. The molecule has 4 rings (SSSR count). The van der Waals surface area contributed by atoms with Gasteiger partial charge in [0.15, 0.2) is 5.65 Å². The summed E-state index contributed by atoms with van der Waals surface area (Å²) < 4.78 is 1.72. The largest absolute Gasteiger partial charge is 0.373 e. The summed E-state index contributed by atoms with van der Waals surface area (Å²) in [6, 6.07) is 2.38. The first-order valence-corrected chi connectivity index (χ1v) is 7.52. The summed E-state index contributed by atoms with van der Waals surface area (Å²) in [5.41, 5.74) is 1.78. The SMILES string of the molecule is CNc1cc(NC2CC2)n2ncc(C=C3CC(=O)NC3=O)c2n1. The van der Waals surface area contributed by atoms with Crippen LogP contribution in [0.4, 0.5) is 11.6 Å². The Morgan fingerprint density at radius 1 is 1.39 bits per heavy atom. The number of aromatic nitrogens is 3. The predicted octanol–water partition coefficient (Wildman–Crippen LogP) is 0.775. The zero-order chi connectivity index (χ0) is 16.0. The minimum atomic E-state index is -0.351. The van der Waals surface area contributed by atoms with E-state index in [-0.39, 0.29) is 18.2 Å². The molecule has 3 heterocycles. The van der Waals surface area contributed by atoms with Crippen LogP contribution in [0.1, 0.15) is 24.8 Å². The quantitative estimate of drug-likeness (QED) is 0.570. The van der Waals surface area contributed by atoms with Gasteiger partial charge in [-0.25, -0.2) is 4.98 Å². The van der Waals surface area contributed by atoms with Crippen molar-refractivity contribution in [2.75, 3.05) is 17.7 Å². The lowest BCUT2D eigenvalue weighted by Crippen LogP contribution is -2.19. The molecule has 0 atom stereocenters. The fraction of sp³-hybridized carbons (Fsp3) is 0.333. The van der Waals surface area contributed by atoms with Crippen LogP contribution >= 0.6 is 0 Å². The molecule has 0 radical (unpaired) electrons. The van der Waals surface area contributed by atoms with E-state index in [4.69, 9.17) is 0 Å².